The Hall–Kier alpha value is -1.71. The van der Waals surface area contributed by atoms with Crippen LogP contribution in [0.1, 0.15) is 10.4 Å². The van der Waals surface area contributed by atoms with Crippen molar-refractivity contribution in [2.24, 2.45) is 0 Å². The first-order chi connectivity index (χ1) is 9.74. The van der Waals surface area contributed by atoms with Crippen LogP contribution in [0.4, 0.5) is 0 Å². The molecule has 4 heteroatoms. The van der Waals surface area contributed by atoms with Gasteiger partial charge >= 0.3 is 0 Å². The van der Waals surface area contributed by atoms with E-state index in [4.69, 9.17) is 11.6 Å². The van der Waals surface area contributed by atoms with E-state index in [1.807, 2.05) is 54.6 Å². The van der Waals surface area contributed by atoms with Gasteiger partial charge in [0, 0.05) is 17.7 Å². The van der Waals surface area contributed by atoms with Crippen LogP contribution in [0.15, 0.2) is 66.9 Å². The number of aromatic nitrogens is 1. The van der Waals surface area contributed by atoms with Gasteiger partial charge in [0.2, 0.25) is 12.3 Å². The molecule has 0 amide bonds. The van der Waals surface area contributed by atoms with Crippen molar-refractivity contribution in [2.75, 3.05) is 0 Å². The summed E-state index contributed by atoms with van der Waals surface area (Å²) >= 11 is 6.06. The van der Waals surface area contributed by atoms with Gasteiger partial charge in [-0.15, -0.1) is 0 Å². The van der Waals surface area contributed by atoms with E-state index in [-0.39, 0.29) is 29.3 Å². The predicted molar refractivity (Wildman–Crippen MR) is 79.9 cm³/mol. The van der Waals surface area contributed by atoms with E-state index < -0.39 is 0 Å². The maximum atomic E-state index is 12.3. The third kappa shape index (κ3) is 3.49. The molecular formula is C17H13BrClNO. The molecule has 0 saturated heterocycles. The van der Waals surface area contributed by atoms with Crippen LogP contribution in [-0.2, 0) is 6.54 Å². The highest BCUT2D eigenvalue weighted by Gasteiger charge is 2.15. The Morgan fingerprint density at radius 2 is 1.67 bits per heavy atom. The minimum Gasteiger partial charge on any atom is -1.00 e. The fourth-order valence-electron chi connectivity index (χ4n) is 2.19. The zero-order valence-electron chi connectivity index (χ0n) is 11.2. The first-order valence-electron chi connectivity index (χ1n) is 6.40. The van der Waals surface area contributed by atoms with E-state index in [0.717, 1.165) is 10.8 Å². The second-order valence-electron chi connectivity index (χ2n) is 4.64. The summed E-state index contributed by atoms with van der Waals surface area (Å²) < 4.78 is 1.74. The largest absolute Gasteiger partial charge is 1.00 e. The number of Topliss-reactive ketones (excluding diaryl/α,β-unsaturated/α-hetero) is 1. The molecule has 106 valence electrons. The minimum atomic E-state index is 0. The summed E-state index contributed by atoms with van der Waals surface area (Å²) in [5.41, 5.74) is 0.705. The number of hydrogen-bond acceptors (Lipinski definition) is 1. The third-order valence-corrected chi connectivity index (χ3v) is 3.61. The normalized spacial score (nSPS) is 10.1. The van der Waals surface area contributed by atoms with E-state index in [1.54, 1.807) is 16.8 Å². The van der Waals surface area contributed by atoms with Crippen LogP contribution in [0, 0.1) is 0 Å². The van der Waals surface area contributed by atoms with E-state index in [0.29, 0.717) is 10.7 Å². The molecule has 0 aliphatic rings. The number of ketones is 1. The third-order valence-electron chi connectivity index (χ3n) is 3.27. The molecule has 0 unspecified atom stereocenters. The molecule has 3 aromatic rings. The summed E-state index contributed by atoms with van der Waals surface area (Å²) in [7, 11) is 0. The summed E-state index contributed by atoms with van der Waals surface area (Å²) in [5.74, 6) is 0.0499. The summed E-state index contributed by atoms with van der Waals surface area (Å²) in [6.45, 7) is 0.248. The van der Waals surface area contributed by atoms with Crippen molar-refractivity contribution in [3.8, 4) is 0 Å². The van der Waals surface area contributed by atoms with Gasteiger partial charge in [0.25, 0.3) is 5.15 Å². The molecule has 0 atom stereocenters. The van der Waals surface area contributed by atoms with Crippen LogP contribution in [0.5, 0.6) is 0 Å². The lowest BCUT2D eigenvalue weighted by Crippen LogP contribution is -3.00. The second kappa shape index (κ2) is 6.83. The maximum Gasteiger partial charge on any atom is 0.275 e. The Labute approximate surface area is 138 Å². The molecule has 0 aliphatic carbocycles. The molecule has 1 aromatic heterocycles. The highest BCUT2D eigenvalue weighted by atomic mass is 79.9. The van der Waals surface area contributed by atoms with Gasteiger partial charge in [-0.2, -0.15) is 4.57 Å². The lowest BCUT2D eigenvalue weighted by molar-refractivity contribution is -0.681. The number of benzene rings is 2. The lowest BCUT2D eigenvalue weighted by atomic mass is 10.0. The summed E-state index contributed by atoms with van der Waals surface area (Å²) in [6, 6.07) is 19.2. The average molecular weight is 363 g/mol. The van der Waals surface area contributed by atoms with Crippen molar-refractivity contribution in [2.45, 2.75) is 6.54 Å². The van der Waals surface area contributed by atoms with Crippen molar-refractivity contribution in [1.82, 2.24) is 0 Å². The molecule has 0 bridgehead atoms. The van der Waals surface area contributed by atoms with Gasteiger partial charge < -0.3 is 17.0 Å². The number of pyridine rings is 1. The minimum absolute atomic E-state index is 0. The average Bonchev–Trinajstić information content (AvgIpc) is 2.49. The zero-order valence-corrected chi connectivity index (χ0v) is 13.5. The molecule has 0 fully saturated rings. The van der Waals surface area contributed by atoms with Gasteiger partial charge in [0.1, 0.15) is 0 Å². The predicted octanol–water partition coefficient (Wildman–Crippen LogP) is 0.668. The van der Waals surface area contributed by atoms with E-state index in [2.05, 4.69) is 0 Å². The molecular weight excluding hydrogens is 350 g/mol. The molecule has 0 N–H and O–H groups in total. The van der Waals surface area contributed by atoms with Gasteiger partial charge in [-0.25, -0.2) is 0 Å². The van der Waals surface area contributed by atoms with Crippen molar-refractivity contribution in [3.63, 3.8) is 0 Å². The van der Waals surface area contributed by atoms with Crippen LogP contribution in [0.3, 0.4) is 0 Å². The second-order valence-corrected chi connectivity index (χ2v) is 5.02. The van der Waals surface area contributed by atoms with E-state index in [9.17, 15) is 4.79 Å². The van der Waals surface area contributed by atoms with Crippen LogP contribution in [-0.4, -0.2) is 5.78 Å². The Kier molecular flexibility index (Phi) is 5.10. The molecule has 3 rings (SSSR count). The first kappa shape index (κ1) is 15.7. The number of hydrogen-bond donors (Lipinski definition) is 0. The molecule has 1 heterocycles. The fraction of sp³-hybridized carbons (Fsp3) is 0.0588. The van der Waals surface area contributed by atoms with Crippen LogP contribution in [0.2, 0.25) is 5.15 Å². The molecule has 2 aromatic carbocycles. The highest BCUT2D eigenvalue weighted by molar-refractivity contribution is 6.28. The standard InChI is InChI=1S/C17H13ClNO.BrH/c18-17-7-3-4-10-19(17)12-16(20)15-9-8-13-5-1-2-6-14(13)11-15;/h1-11H,12H2;1H/q+1;/p-1. The smallest absolute Gasteiger partial charge is 0.275 e. The van der Waals surface area contributed by atoms with Crippen LogP contribution < -0.4 is 21.5 Å². The molecule has 21 heavy (non-hydrogen) atoms. The molecule has 0 spiro atoms. The number of carbonyl (C=O) groups is 1. The Bertz CT molecular complexity index is 788. The molecule has 0 radical (unpaired) electrons. The Morgan fingerprint density at radius 3 is 2.43 bits per heavy atom. The summed E-state index contributed by atoms with van der Waals surface area (Å²) in [4.78, 5) is 12.3. The van der Waals surface area contributed by atoms with Gasteiger partial charge in [0.15, 0.2) is 6.20 Å². The molecule has 0 saturated carbocycles. The van der Waals surface area contributed by atoms with Gasteiger partial charge in [0.05, 0.1) is 0 Å². The fourth-order valence-corrected chi connectivity index (χ4v) is 2.38. The van der Waals surface area contributed by atoms with Crippen molar-refractivity contribution in [1.29, 1.82) is 0 Å². The zero-order chi connectivity index (χ0) is 13.9. The molecule has 2 nitrogen and oxygen atoms in total. The van der Waals surface area contributed by atoms with Gasteiger partial charge in [-0.3, -0.25) is 4.79 Å². The number of rotatable bonds is 3. The first-order valence-corrected chi connectivity index (χ1v) is 6.78. The quantitative estimate of drug-likeness (QED) is 0.381. The number of halogens is 2. The summed E-state index contributed by atoms with van der Waals surface area (Å²) in [5, 5.41) is 2.76. The van der Waals surface area contributed by atoms with E-state index in [1.165, 1.54) is 0 Å². The van der Waals surface area contributed by atoms with Crippen LogP contribution >= 0.6 is 11.6 Å². The molecule has 0 aliphatic heterocycles. The lowest BCUT2D eigenvalue weighted by Gasteiger charge is -2.02. The Balaban J connectivity index is 0.00000161. The topological polar surface area (TPSA) is 20.9 Å². The van der Waals surface area contributed by atoms with Crippen LogP contribution in [0.25, 0.3) is 10.8 Å². The number of fused-ring (bicyclic) bond motifs is 1. The van der Waals surface area contributed by atoms with Crippen molar-refractivity contribution < 1.29 is 26.3 Å². The van der Waals surface area contributed by atoms with E-state index >= 15 is 0 Å². The summed E-state index contributed by atoms with van der Waals surface area (Å²) in [6.07, 6.45) is 1.81. The number of carbonyl (C=O) groups excluding carboxylic acids is 1. The SMILES string of the molecule is O=C(C[n+]1ccccc1Cl)c1ccc2ccccc2c1.[Br-]. The maximum absolute atomic E-state index is 12.3. The van der Waals surface area contributed by atoms with Gasteiger partial charge in [-0.05, 0) is 34.5 Å². The monoisotopic (exact) mass is 361 g/mol. The number of nitrogens with zero attached hydrogens (tertiary/aromatic N) is 1. The van der Waals surface area contributed by atoms with Crippen molar-refractivity contribution in [3.05, 3.63) is 77.6 Å². The van der Waals surface area contributed by atoms with Gasteiger partial charge in [-0.1, -0.05) is 36.4 Å². The van der Waals surface area contributed by atoms with Crippen molar-refractivity contribution >= 4 is 28.2 Å². The highest BCUT2D eigenvalue weighted by Crippen LogP contribution is 2.16. The Morgan fingerprint density at radius 1 is 0.952 bits per heavy atom.